The van der Waals surface area contributed by atoms with Crippen molar-refractivity contribution in [2.24, 2.45) is 0 Å². The Morgan fingerprint density at radius 3 is 1.84 bits per heavy atom. The van der Waals surface area contributed by atoms with E-state index in [2.05, 4.69) is 72.3 Å². The summed E-state index contributed by atoms with van der Waals surface area (Å²) in [6, 6.07) is 30.0. The predicted octanol–water partition coefficient (Wildman–Crippen LogP) is 11.8. The van der Waals surface area contributed by atoms with Gasteiger partial charge in [-0.05, 0) is 105 Å². The summed E-state index contributed by atoms with van der Waals surface area (Å²) >= 11 is 0. The van der Waals surface area contributed by atoms with Crippen molar-refractivity contribution in [2.75, 3.05) is 27.4 Å². The second-order valence-electron chi connectivity index (χ2n) is 17.5. The van der Waals surface area contributed by atoms with E-state index in [0.29, 0.717) is 11.5 Å². The fourth-order valence-corrected chi connectivity index (χ4v) is 10.5. The number of benzene rings is 4. The summed E-state index contributed by atoms with van der Waals surface area (Å²) in [5.41, 5.74) is 1.71. The molecule has 4 aromatic carbocycles. The second-order valence-corrected chi connectivity index (χ2v) is 23.7. The molecule has 1 unspecified atom stereocenters. The topological polar surface area (TPSA) is 91.6 Å². The van der Waals surface area contributed by atoms with Gasteiger partial charge in [-0.1, -0.05) is 75.4 Å². The number of hydrogen-bond donors (Lipinski definition) is 0. The van der Waals surface area contributed by atoms with E-state index in [1.54, 1.807) is 21.1 Å². The highest BCUT2D eigenvalue weighted by molar-refractivity contribution is 7.44. The highest BCUT2D eigenvalue weighted by atomic mass is 31.2. The van der Waals surface area contributed by atoms with Crippen molar-refractivity contribution < 1.29 is 41.2 Å². The number of rotatable bonds is 19. The molecule has 1 heterocycles. The maximum atomic E-state index is 16.2. The Kier molecular flexibility index (Phi) is 16.3. The SMILES string of the molecule is COc1ccc(C(OC[C@H]2O[C@@H](c3cc(C)c(F)cc3F)[C@@H](O[Si](C)(C)C(C)(C)C)[C@H]2OP(OCCC#N)N(C(C)C)C(C)C)(c2ccccc2)c2ccc(OC)cc2)cc1. The first-order chi connectivity index (χ1) is 28.9. The van der Waals surface area contributed by atoms with Gasteiger partial charge < -0.3 is 32.4 Å². The van der Waals surface area contributed by atoms with Crippen molar-refractivity contribution in [3.05, 3.63) is 130 Å². The van der Waals surface area contributed by atoms with Gasteiger partial charge in [0.15, 0.2) is 8.32 Å². The quantitative estimate of drug-likeness (QED) is 0.0395. The molecular formula is C48H63F2N2O7PSi. The van der Waals surface area contributed by atoms with Crippen LogP contribution >= 0.6 is 8.53 Å². The lowest BCUT2D eigenvalue weighted by molar-refractivity contribution is -0.0810. The molecule has 0 spiro atoms. The molecule has 0 aliphatic carbocycles. The maximum absolute atomic E-state index is 16.2. The molecule has 330 valence electrons. The van der Waals surface area contributed by atoms with Crippen LogP contribution in [0.3, 0.4) is 0 Å². The van der Waals surface area contributed by atoms with E-state index in [0.717, 1.165) is 22.8 Å². The highest BCUT2D eigenvalue weighted by Crippen LogP contribution is 2.53. The summed E-state index contributed by atoms with van der Waals surface area (Å²) in [4.78, 5) is 0. The number of ether oxygens (including phenoxy) is 4. The Balaban J connectivity index is 1.74. The van der Waals surface area contributed by atoms with Crippen LogP contribution in [-0.4, -0.2) is 70.8 Å². The van der Waals surface area contributed by atoms with Crippen molar-refractivity contribution >= 4 is 16.8 Å². The molecule has 5 atom stereocenters. The first-order valence-electron chi connectivity index (χ1n) is 20.9. The van der Waals surface area contributed by atoms with Gasteiger partial charge in [0.2, 0.25) is 0 Å². The van der Waals surface area contributed by atoms with Gasteiger partial charge in [-0.25, -0.2) is 13.5 Å². The van der Waals surface area contributed by atoms with E-state index in [4.69, 9.17) is 32.4 Å². The molecule has 1 aliphatic rings. The van der Waals surface area contributed by atoms with Crippen LogP contribution in [0.15, 0.2) is 91.0 Å². The smallest absolute Gasteiger partial charge is 0.259 e. The molecule has 13 heteroatoms. The third kappa shape index (κ3) is 10.9. The molecule has 5 rings (SSSR count). The maximum Gasteiger partial charge on any atom is 0.259 e. The molecule has 9 nitrogen and oxygen atoms in total. The number of methoxy groups -OCH3 is 2. The van der Waals surface area contributed by atoms with Crippen LogP contribution in [0.1, 0.15) is 88.8 Å². The fraction of sp³-hybridized carbons (Fsp3) is 0.479. The molecule has 0 aromatic heterocycles. The van der Waals surface area contributed by atoms with Crippen LogP contribution in [0.25, 0.3) is 0 Å². The third-order valence-corrected chi connectivity index (χ3v) is 18.2. The van der Waals surface area contributed by atoms with Crippen LogP contribution in [0, 0.1) is 29.9 Å². The average molecular weight is 877 g/mol. The minimum atomic E-state index is -2.66. The lowest BCUT2D eigenvalue weighted by Crippen LogP contribution is -2.49. The molecule has 0 radical (unpaired) electrons. The Hall–Kier alpha value is -3.76. The van der Waals surface area contributed by atoms with E-state index in [-0.39, 0.29) is 47.9 Å². The van der Waals surface area contributed by atoms with Crippen LogP contribution in [0.2, 0.25) is 18.1 Å². The number of nitriles is 1. The number of halogens is 2. The zero-order valence-electron chi connectivity index (χ0n) is 37.7. The first kappa shape index (κ1) is 48.3. The summed E-state index contributed by atoms with van der Waals surface area (Å²) in [7, 11) is -1.25. The largest absolute Gasteiger partial charge is 0.497 e. The molecule has 0 N–H and O–H groups in total. The van der Waals surface area contributed by atoms with Gasteiger partial charge in [0.1, 0.15) is 53.2 Å². The molecule has 0 saturated carbocycles. The van der Waals surface area contributed by atoms with Gasteiger partial charge in [-0.3, -0.25) is 0 Å². The van der Waals surface area contributed by atoms with Crippen molar-refractivity contribution in [3.63, 3.8) is 0 Å². The predicted molar refractivity (Wildman–Crippen MR) is 239 cm³/mol. The van der Waals surface area contributed by atoms with E-state index >= 15 is 4.39 Å². The zero-order chi connectivity index (χ0) is 44.7. The summed E-state index contributed by atoms with van der Waals surface area (Å²) in [6.45, 7) is 20.6. The monoisotopic (exact) mass is 876 g/mol. The molecule has 1 aliphatic heterocycles. The summed E-state index contributed by atoms with van der Waals surface area (Å²) in [6.07, 6.45) is -3.46. The fourth-order valence-electron chi connectivity index (χ4n) is 7.46. The number of aryl methyl sites for hydroxylation is 1. The normalized spacial score (nSPS) is 19.1. The molecule has 61 heavy (non-hydrogen) atoms. The van der Waals surface area contributed by atoms with Crippen molar-refractivity contribution in [1.82, 2.24) is 4.67 Å². The molecule has 0 amide bonds. The van der Waals surface area contributed by atoms with Crippen LogP contribution in [0.4, 0.5) is 8.78 Å². The van der Waals surface area contributed by atoms with Gasteiger partial charge in [0, 0.05) is 23.7 Å². The van der Waals surface area contributed by atoms with E-state index < -0.39 is 58.5 Å². The third-order valence-electron chi connectivity index (χ3n) is 11.6. The Morgan fingerprint density at radius 2 is 1.34 bits per heavy atom. The van der Waals surface area contributed by atoms with E-state index in [9.17, 15) is 9.65 Å². The summed E-state index contributed by atoms with van der Waals surface area (Å²) in [5.74, 6) is -0.0318. The van der Waals surface area contributed by atoms with Gasteiger partial charge in [-0.15, -0.1) is 0 Å². The van der Waals surface area contributed by atoms with Gasteiger partial charge in [-0.2, -0.15) is 5.26 Å². The molecule has 4 aromatic rings. The molecular weight excluding hydrogens is 814 g/mol. The summed E-state index contributed by atoms with van der Waals surface area (Å²) < 4.78 is 79.9. The van der Waals surface area contributed by atoms with Crippen LogP contribution in [-0.2, 0) is 28.5 Å². The van der Waals surface area contributed by atoms with Gasteiger partial charge >= 0.3 is 0 Å². The highest BCUT2D eigenvalue weighted by Gasteiger charge is 2.54. The number of nitrogens with zero attached hydrogens (tertiary/aromatic N) is 2. The van der Waals surface area contributed by atoms with E-state index in [1.165, 1.54) is 6.07 Å². The lowest BCUT2D eigenvalue weighted by Gasteiger charge is -2.42. The van der Waals surface area contributed by atoms with Crippen molar-refractivity contribution in [2.45, 2.75) is 122 Å². The second kappa shape index (κ2) is 20.6. The van der Waals surface area contributed by atoms with E-state index in [1.807, 2.05) is 78.9 Å². The van der Waals surface area contributed by atoms with Gasteiger partial charge in [0.05, 0.1) is 39.9 Å². The standard InChI is InChI=1S/C48H63F2N2O7PSi/c1-32(2)52(33(3)4)60(56-28-16-27-51)58-45-43(57-44(40-29-34(5)41(49)30-42(40)50)46(45)59-61(11,12)47(6,7)8)31-55-48(35-17-14-13-15-18-35,36-19-23-38(53-9)24-20-36)37-21-25-39(54-10)26-22-37/h13-15,17-26,29-30,32-33,43-46H,16,28,31H2,1-12H3/t43-,44+,45+,46-,60?/m1/s1. The first-order valence-corrected chi connectivity index (χ1v) is 24.9. The molecule has 1 saturated heterocycles. The minimum Gasteiger partial charge on any atom is -0.497 e. The van der Waals surface area contributed by atoms with Gasteiger partial charge in [0.25, 0.3) is 8.53 Å². The number of hydrogen-bond acceptors (Lipinski definition) is 9. The van der Waals surface area contributed by atoms with Crippen molar-refractivity contribution in [3.8, 4) is 17.6 Å². The minimum absolute atomic E-state index is 0.00570. The van der Waals surface area contributed by atoms with Crippen LogP contribution in [0.5, 0.6) is 11.5 Å². The average Bonchev–Trinajstić information content (AvgIpc) is 3.54. The van der Waals surface area contributed by atoms with Crippen LogP contribution < -0.4 is 9.47 Å². The van der Waals surface area contributed by atoms with Crippen molar-refractivity contribution in [1.29, 1.82) is 5.26 Å². The molecule has 1 fully saturated rings. The zero-order valence-corrected chi connectivity index (χ0v) is 39.6. The Labute approximate surface area is 364 Å². The Morgan fingerprint density at radius 1 is 0.803 bits per heavy atom. The molecule has 0 bridgehead atoms. The Bertz CT molecular complexity index is 2000. The summed E-state index contributed by atoms with van der Waals surface area (Å²) in [5, 5.41) is 9.26. The lowest BCUT2D eigenvalue weighted by atomic mass is 9.80.